The Kier molecular flexibility index (Phi) is 9.89. The lowest BCUT2D eigenvalue weighted by Crippen LogP contribution is -2.41. The number of aromatic amines is 1. The molecule has 1 amide bonds. The fourth-order valence-electron chi connectivity index (χ4n) is 4.67. The van der Waals surface area contributed by atoms with Gasteiger partial charge in [0, 0.05) is 42.6 Å². The lowest BCUT2D eigenvalue weighted by atomic mass is 10.1. The highest BCUT2D eigenvalue weighted by molar-refractivity contribution is 7.89. The molecule has 1 aliphatic heterocycles. The normalized spacial score (nSPS) is 17.2. The first-order valence-corrected chi connectivity index (χ1v) is 14.4. The van der Waals surface area contributed by atoms with E-state index < -0.39 is 15.6 Å². The van der Waals surface area contributed by atoms with Gasteiger partial charge in [-0.1, -0.05) is 33.1 Å². The van der Waals surface area contributed by atoms with Gasteiger partial charge in [0.05, 0.1) is 10.5 Å². The average molecular weight is 505 g/mol. The molecule has 2 aromatic rings. The Balaban J connectivity index is 1.82. The molecule has 2 N–H and O–H groups in total. The van der Waals surface area contributed by atoms with Crippen LogP contribution in [0.25, 0.3) is 10.9 Å². The molecule has 1 aromatic heterocycles. The Morgan fingerprint density at radius 2 is 1.83 bits per heavy atom. The van der Waals surface area contributed by atoms with Crippen LogP contribution in [-0.4, -0.2) is 67.3 Å². The number of carbonyl (C=O) groups excluding carboxylic acids is 1. The first-order chi connectivity index (χ1) is 16.8. The van der Waals surface area contributed by atoms with Crippen molar-refractivity contribution in [3.63, 3.8) is 0 Å². The van der Waals surface area contributed by atoms with Crippen LogP contribution in [0.5, 0.6) is 0 Å². The molecule has 0 unspecified atom stereocenters. The summed E-state index contributed by atoms with van der Waals surface area (Å²) >= 11 is 0. The van der Waals surface area contributed by atoms with Crippen LogP contribution >= 0.6 is 0 Å². The lowest BCUT2D eigenvalue weighted by molar-refractivity contribution is 0.0949. The highest BCUT2D eigenvalue weighted by atomic mass is 32.2. The van der Waals surface area contributed by atoms with Gasteiger partial charge in [0.1, 0.15) is 0 Å². The maximum absolute atomic E-state index is 13.4. The van der Waals surface area contributed by atoms with Crippen molar-refractivity contribution in [1.82, 2.24) is 19.5 Å². The van der Waals surface area contributed by atoms with Crippen molar-refractivity contribution in [1.29, 1.82) is 0 Å². The average Bonchev–Trinajstić information content (AvgIpc) is 2.84. The zero-order valence-corrected chi connectivity index (χ0v) is 22.1. The Hall–Kier alpha value is -2.23. The molecule has 0 saturated carbocycles. The van der Waals surface area contributed by atoms with E-state index in [9.17, 15) is 18.0 Å². The van der Waals surface area contributed by atoms with Crippen molar-refractivity contribution in [3.05, 3.63) is 40.2 Å². The molecule has 1 saturated heterocycles. The van der Waals surface area contributed by atoms with Crippen LogP contribution in [-0.2, 0) is 10.0 Å². The third-order valence-electron chi connectivity index (χ3n) is 6.78. The number of unbranched alkanes of at least 4 members (excludes halogenated alkanes) is 2. The summed E-state index contributed by atoms with van der Waals surface area (Å²) < 4.78 is 28.3. The summed E-state index contributed by atoms with van der Waals surface area (Å²) in [5.41, 5.74) is 0.248. The number of fused-ring (bicyclic) bond motifs is 1. The topological polar surface area (TPSA) is 103 Å². The first-order valence-electron chi connectivity index (χ1n) is 13.0. The number of sulfonamides is 1. The number of rotatable bonds is 12. The standard InChI is InChI=1S/C26H40N4O4S/c1-4-6-14-29(15-7-5-2)17-13-27-26(32)23-19-25(31)28-24-12-11-21(18-22(23)24)35(33,34)30-16-9-8-10-20(30)3/h11-12,18-20H,4-10,13-17H2,1-3H3,(H,27,32)(H,28,31)/t20-/m0/s1. The van der Waals surface area contributed by atoms with Gasteiger partial charge in [-0.3, -0.25) is 9.59 Å². The van der Waals surface area contributed by atoms with Crippen molar-refractivity contribution in [3.8, 4) is 0 Å². The number of piperidine rings is 1. The highest BCUT2D eigenvalue weighted by Gasteiger charge is 2.31. The van der Waals surface area contributed by atoms with E-state index in [4.69, 9.17) is 0 Å². The summed E-state index contributed by atoms with van der Waals surface area (Å²) in [7, 11) is -3.70. The van der Waals surface area contributed by atoms with Gasteiger partial charge in [0.15, 0.2) is 0 Å². The van der Waals surface area contributed by atoms with Crippen LogP contribution in [0, 0.1) is 0 Å². The van der Waals surface area contributed by atoms with E-state index in [1.165, 1.54) is 18.2 Å². The molecule has 1 fully saturated rings. The smallest absolute Gasteiger partial charge is 0.252 e. The molecule has 35 heavy (non-hydrogen) atoms. The minimum absolute atomic E-state index is 0.0637. The van der Waals surface area contributed by atoms with Gasteiger partial charge in [-0.05, 0) is 63.9 Å². The molecular formula is C26H40N4O4S. The Bertz CT molecular complexity index is 1150. The van der Waals surface area contributed by atoms with Crippen LogP contribution in [0.15, 0.2) is 34.0 Å². The van der Waals surface area contributed by atoms with Crippen LogP contribution in [0.1, 0.15) is 76.1 Å². The van der Waals surface area contributed by atoms with Crippen molar-refractivity contribution in [2.75, 3.05) is 32.7 Å². The van der Waals surface area contributed by atoms with E-state index >= 15 is 0 Å². The van der Waals surface area contributed by atoms with Crippen LogP contribution in [0.3, 0.4) is 0 Å². The van der Waals surface area contributed by atoms with E-state index in [0.29, 0.717) is 24.0 Å². The van der Waals surface area contributed by atoms with Crippen molar-refractivity contribution >= 4 is 26.8 Å². The third-order valence-corrected chi connectivity index (χ3v) is 8.79. The van der Waals surface area contributed by atoms with Gasteiger partial charge < -0.3 is 15.2 Å². The summed E-state index contributed by atoms with van der Waals surface area (Å²) in [5.74, 6) is -0.368. The molecule has 0 aliphatic carbocycles. The van der Waals surface area contributed by atoms with Gasteiger partial charge in [-0.25, -0.2) is 8.42 Å². The Morgan fingerprint density at radius 1 is 1.11 bits per heavy atom. The second-order valence-electron chi connectivity index (χ2n) is 9.52. The van der Waals surface area contributed by atoms with E-state index in [1.54, 1.807) is 10.4 Å². The quantitative estimate of drug-likeness (QED) is 0.459. The summed E-state index contributed by atoms with van der Waals surface area (Å²) in [5, 5.41) is 3.37. The van der Waals surface area contributed by atoms with Gasteiger partial charge in [-0.15, -0.1) is 0 Å². The molecule has 1 aromatic carbocycles. The maximum atomic E-state index is 13.4. The summed E-state index contributed by atoms with van der Waals surface area (Å²) in [4.78, 5) is 30.5. The molecule has 3 rings (SSSR count). The molecule has 0 radical (unpaired) electrons. The molecule has 8 nitrogen and oxygen atoms in total. The van der Waals surface area contributed by atoms with Gasteiger partial charge in [-0.2, -0.15) is 4.31 Å². The molecule has 1 aliphatic rings. The number of aromatic nitrogens is 1. The monoisotopic (exact) mass is 504 g/mol. The summed E-state index contributed by atoms with van der Waals surface area (Å²) in [6, 6.07) is 5.79. The number of nitrogens with zero attached hydrogens (tertiary/aromatic N) is 2. The number of pyridine rings is 1. The lowest BCUT2D eigenvalue weighted by Gasteiger charge is -2.32. The maximum Gasteiger partial charge on any atom is 0.252 e. The molecule has 2 heterocycles. The minimum atomic E-state index is -3.70. The molecule has 194 valence electrons. The number of nitrogens with one attached hydrogen (secondary N) is 2. The van der Waals surface area contributed by atoms with E-state index in [1.807, 2.05) is 6.92 Å². The predicted octanol–water partition coefficient (Wildman–Crippen LogP) is 3.72. The SMILES string of the molecule is CCCCN(CCCC)CCNC(=O)c1cc(=O)[nH]c2ccc(S(=O)(=O)N3CCCC[C@@H]3C)cc12. The van der Waals surface area contributed by atoms with Crippen molar-refractivity contribution < 1.29 is 13.2 Å². The van der Waals surface area contributed by atoms with Crippen molar-refractivity contribution in [2.24, 2.45) is 0 Å². The summed E-state index contributed by atoms with van der Waals surface area (Å²) in [6.07, 6.45) is 7.16. The number of hydrogen-bond donors (Lipinski definition) is 2. The second kappa shape index (κ2) is 12.6. The van der Waals surface area contributed by atoms with Gasteiger partial charge in [0.25, 0.3) is 5.91 Å². The Labute approximate surface area is 209 Å². The van der Waals surface area contributed by atoms with Crippen molar-refractivity contribution in [2.45, 2.75) is 76.7 Å². The minimum Gasteiger partial charge on any atom is -0.351 e. The zero-order chi connectivity index (χ0) is 25.4. The Morgan fingerprint density at radius 3 is 2.49 bits per heavy atom. The second-order valence-corrected chi connectivity index (χ2v) is 11.4. The zero-order valence-electron chi connectivity index (χ0n) is 21.3. The fraction of sp³-hybridized carbons (Fsp3) is 0.615. The van der Waals surface area contributed by atoms with Gasteiger partial charge >= 0.3 is 0 Å². The molecule has 9 heteroatoms. The molecule has 0 spiro atoms. The van der Waals surface area contributed by atoms with E-state index in [0.717, 1.165) is 64.6 Å². The van der Waals surface area contributed by atoms with Gasteiger partial charge in [0.2, 0.25) is 15.6 Å². The molecule has 1 atom stereocenters. The number of hydrogen-bond acceptors (Lipinski definition) is 5. The third kappa shape index (κ3) is 6.92. The summed E-state index contributed by atoms with van der Waals surface area (Å²) in [6.45, 7) is 9.94. The largest absolute Gasteiger partial charge is 0.351 e. The van der Waals surface area contributed by atoms with Crippen LogP contribution in [0.2, 0.25) is 0 Å². The van der Waals surface area contributed by atoms with Crippen LogP contribution in [0.4, 0.5) is 0 Å². The molecular weight excluding hydrogens is 464 g/mol. The fourth-order valence-corrected chi connectivity index (χ4v) is 6.39. The number of carbonyl (C=O) groups is 1. The van der Waals surface area contributed by atoms with E-state index in [2.05, 4.69) is 29.0 Å². The van der Waals surface area contributed by atoms with Crippen LogP contribution < -0.4 is 10.9 Å². The van der Waals surface area contributed by atoms with E-state index in [-0.39, 0.29) is 22.4 Å². The number of H-pyrrole nitrogens is 1. The molecule has 0 bridgehead atoms. The predicted molar refractivity (Wildman–Crippen MR) is 140 cm³/mol. The number of benzene rings is 1. The first kappa shape index (κ1) is 27.4. The highest BCUT2D eigenvalue weighted by Crippen LogP contribution is 2.27. The number of amides is 1.